The van der Waals surface area contributed by atoms with Gasteiger partial charge in [-0.2, -0.15) is 0 Å². The number of amides is 1. The number of anilines is 1. The monoisotopic (exact) mass is 385 g/mol. The van der Waals surface area contributed by atoms with Crippen molar-refractivity contribution in [1.29, 1.82) is 0 Å². The van der Waals surface area contributed by atoms with E-state index in [0.29, 0.717) is 23.0 Å². The van der Waals surface area contributed by atoms with Gasteiger partial charge in [0, 0.05) is 5.56 Å². The smallest absolute Gasteiger partial charge is 0.230 e. The van der Waals surface area contributed by atoms with E-state index in [2.05, 4.69) is 31.2 Å². The Hall–Kier alpha value is -2.47. The van der Waals surface area contributed by atoms with Gasteiger partial charge in [-0.15, -0.1) is 0 Å². The summed E-state index contributed by atoms with van der Waals surface area (Å²) in [6.45, 7) is 3.83. The van der Waals surface area contributed by atoms with Crippen LogP contribution in [0.1, 0.15) is 17.0 Å². The molecule has 0 saturated heterocycles. The molecule has 1 N–H and O–H groups in total. The van der Waals surface area contributed by atoms with Crippen LogP contribution < -0.4 is 5.32 Å². The molecule has 0 aliphatic heterocycles. The largest absolute Gasteiger partial charge is 0.441 e. The number of pyridine rings is 1. The summed E-state index contributed by atoms with van der Waals surface area (Å²) in [4.78, 5) is 20.7. The number of rotatable bonds is 4. The number of nitrogens with zero attached hydrogens (tertiary/aromatic N) is 2. The molecule has 122 valence electrons. The summed E-state index contributed by atoms with van der Waals surface area (Å²) in [5, 5.41) is 2.80. The Morgan fingerprint density at radius 3 is 2.79 bits per heavy atom. The molecule has 6 heteroatoms. The maximum absolute atomic E-state index is 12.2. The predicted octanol–water partition coefficient (Wildman–Crippen LogP) is 4.30. The van der Waals surface area contributed by atoms with Crippen molar-refractivity contribution in [3.63, 3.8) is 0 Å². The van der Waals surface area contributed by atoms with Gasteiger partial charge in [0.25, 0.3) is 0 Å². The van der Waals surface area contributed by atoms with Crippen LogP contribution in [-0.2, 0) is 11.2 Å². The van der Waals surface area contributed by atoms with Crippen LogP contribution in [0.25, 0.3) is 11.5 Å². The molecule has 0 atom stereocenters. The summed E-state index contributed by atoms with van der Waals surface area (Å²) in [6, 6.07) is 11.5. The first-order chi connectivity index (χ1) is 11.5. The Morgan fingerprint density at radius 1 is 1.25 bits per heavy atom. The van der Waals surface area contributed by atoms with E-state index in [1.165, 1.54) is 0 Å². The number of hydrogen-bond acceptors (Lipinski definition) is 4. The summed E-state index contributed by atoms with van der Waals surface area (Å²) in [7, 11) is 0. The second-order valence-corrected chi connectivity index (χ2v) is 6.30. The molecular weight excluding hydrogens is 370 g/mol. The number of hydrogen-bond donors (Lipinski definition) is 1. The minimum absolute atomic E-state index is 0.150. The third-order valence-electron chi connectivity index (χ3n) is 3.50. The van der Waals surface area contributed by atoms with Gasteiger partial charge in [-0.3, -0.25) is 4.79 Å². The van der Waals surface area contributed by atoms with Gasteiger partial charge in [0.2, 0.25) is 11.8 Å². The second kappa shape index (κ2) is 6.97. The zero-order chi connectivity index (χ0) is 17.1. The molecular formula is C18H16BrN3O2. The van der Waals surface area contributed by atoms with Gasteiger partial charge in [0.1, 0.15) is 10.4 Å². The van der Waals surface area contributed by atoms with Gasteiger partial charge in [0.05, 0.1) is 24.0 Å². The zero-order valence-electron chi connectivity index (χ0n) is 13.3. The van der Waals surface area contributed by atoms with Crippen LogP contribution in [0.4, 0.5) is 5.69 Å². The van der Waals surface area contributed by atoms with Gasteiger partial charge in [-0.25, -0.2) is 9.97 Å². The Labute approximate surface area is 148 Å². The third kappa shape index (κ3) is 3.89. The van der Waals surface area contributed by atoms with Crippen molar-refractivity contribution >= 4 is 27.5 Å². The average Bonchev–Trinajstić information content (AvgIpc) is 2.90. The predicted molar refractivity (Wildman–Crippen MR) is 95.7 cm³/mol. The Balaban J connectivity index is 1.73. The molecule has 2 aromatic heterocycles. The molecule has 1 aromatic carbocycles. The average molecular weight is 386 g/mol. The summed E-state index contributed by atoms with van der Waals surface area (Å²) in [5.74, 6) is 1.02. The molecule has 3 aromatic rings. The van der Waals surface area contributed by atoms with Crippen molar-refractivity contribution in [2.75, 3.05) is 5.32 Å². The highest BCUT2D eigenvalue weighted by atomic mass is 79.9. The highest BCUT2D eigenvalue weighted by Crippen LogP contribution is 2.23. The number of aromatic nitrogens is 2. The third-order valence-corrected chi connectivity index (χ3v) is 3.97. The van der Waals surface area contributed by atoms with Gasteiger partial charge in [-0.05, 0) is 54.0 Å². The molecule has 1 amide bonds. The summed E-state index contributed by atoms with van der Waals surface area (Å²) < 4.78 is 6.43. The first-order valence-electron chi connectivity index (χ1n) is 7.46. The molecule has 0 aliphatic rings. The number of benzene rings is 1. The molecule has 0 radical (unpaired) electrons. The lowest BCUT2D eigenvalue weighted by Crippen LogP contribution is -2.15. The van der Waals surface area contributed by atoms with Gasteiger partial charge in [-0.1, -0.05) is 17.7 Å². The molecule has 2 heterocycles. The van der Waals surface area contributed by atoms with Crippen LogP contribution in [0, 0.1) is 13.8 Å². The van der Waals surface area contributed by atoms with E-state index in [1.54, 1.807) is 18.3 Å². The Morgan fingerprint density at radius 2 is 2.08 bits per heavy atom. The van der Waals surface area contributed by atoms with Gasteiger partial charge >= 0.3 is 0 Å². The second-order valence-electron chi connectivity index (χ2n) is 5.49. The lowest BCUT2D eigenvalue weighted by Gasteiger charge is -2.03. The van der Waals surface area contributed by atoms with E-state index >= 15 is 0 Å². The minimum atomic E-state index is -0.161. The quantitative estimate of drug-likeness (QED) is 0.679. The van der Waals surface area contributed by atoms with E-state index in [9.17, 15) is 4.79 Å². The van der Waals surface area contributed by atoms with Gasteiger partial charge in [0.15, 0.2) is 0 Å². The van der Waals surface area contributed by atoms with E-state index in [1.807, 2.05) is 38.1 Å². The van der Waals surface area contributed by atoms with Gasteiger partial charge < -0.3 is 9.73 Å². The van der Waals surface area contributed by atoms with E-state index in [0.717, 1.165) is 15.7 Å². The van der Waals surface area contributed by atoms with Crippen LogP contribution in [0.2, 0.25) is 0 Å². The zero-order valence-corrected chi connectivity index (χ0v) is 14.9. The number of aryl methyl sites for hydroxylation is 2. The molecule has 0 saturated carbocycles. The van der Waals surface area contributed by atoms with Crippen LogP contribution in [-0.4, -0.2) is 15.9 Å². The fraction of sp³-hybridized carbons (Fsp3) is 0.167. The number of carbonyl (C=O) groups is 1. The van der Waals surface area contributed by atoms with Crippen molar-refractivity contribution < 1.29 is 9.21 Å². The molecule has 24 heavy (non-hydrogen) atoms. The highest BCUT2D eigenvalue weighted by molar-refractivity contribution is 9.10. The Bertz CT molecular complexity index is 872. The standard InChI is InChI=1S/C18H16BrN3O2/c1-11-4-3-5-13(8-11)18-22-15(12(2)24-18)9-17(23)21-14-6-7-16(19)20-10-14/h3-8,10H,9H2,1-2H3,(H,21,23). The van der Waals surface area contributed by atoms with E-state index < -0.39 is 0 Å². The molecule has 0 fully saturated rings. The molecule has 3 rings (SSSR count). The van der Waals surface area contributed by atoms with Crippen molar-refractivity contribution in [2.45, 2.75) is 20.3 Å². The van der Waals surface area contributed by atoms with Crippen LogP contribution in [0.3, 0.4) is 0 Å². The van der Waals surface area contributed by atoms with E-state index in [4.69, 9.17) is 4.42 Å². The van der Waals surface area contributed by atoms with Crippen molar-refractivity contribution in [2.24, 2.45) is 0 Å². The maximum atomic E-state index is 12.2. The lowest BCUT2D eigenvalue weighted by atomic mass is 10.1. The van der Waals surface area contributed by atoms with Crippen LogP contribution >= 0.6 is 15.9 Å². The van der Waals surface area contributed by atoms with Crippen LogP contribution in [0.5, 0.6) is 0 Å². The summed E-state index contributed by atoms with van der Waals surface area (Å²) in [6.07, 6.45) is 1.74. The normalized spacial score (nSPS) is 10.6. The number of nitrogens with one attached hydrogen (secondary N) is 1. The number of halogens is 1. The first kappa shape index (κ1) is 16.4. The lowest BCUT2D eigenvalue weighted by molar-refractivity contribution is -0.115. The molecule has 0 bridgehead atoms. The van der Waals surface area contributed by atoms with E-state index in [-0.39, 0.29) is 12.3 Å². The number of oxazole rings is 1. The maximum Gasteiger partial charge on any atom is 0.230 e. The van der Waals surface area contributed by atoms with Crippen LogP contribution in [0.15, 0.2) is 51.6 Å². The first-order valence-corrected chi connectivity index (χ1v) is 8.25. The SMILES string of the molecule is Cc1cccc(-c2nc(CC(=O)Nc3ccc(Br)nc3)c(C)o2)c1. The number of carbonyl (C=O) groups excluding carboxylic acids is 1. The highest BCUT2D eigenvalue weighted by Gasteiger charge is 2.15. The Kier molecular flexibility index (Phi) is 4.76. The molecule has 0 spiro atoms. The van der Waals surface area contributed by atoms with Crippen molar-refractivity contribution in [3.8, 4) is 11.5 Å². The summed E-state index contributed by atoms with van der Waals surface area (Å²) >= 11 is 3.26. The molecule has 0 aliphatic carbocycles. The summed E-state index contributed by atoms with van der Waals surface area (Å²) in [5.41, 5.74) is 3.31. The van der Waals surface area contributed by atoms with Crippen molar-refractivity contribution in [1.82, 2.24) is 9.97 Å². The minimum Gasteiger partial charge on any atom is -0.441 e. The van der Waals surface area contributed by atoms with Crippen molar-refractivity contribution in [3.05, 3.63) is 64.2 Å². The fourth-order valence-electron chi connectivity index (χ4n) is 2.30. The molecule has 0 unspecified atom stereocenters. The topological polar surface area (TPSA) is 68.0 Å². The molecule has 5 nitrogen and oxygen atoms in total. The fourth-order valence-corrected chi connectivity index (χ4v) is 2.54.